The zero-order valence-electron chi connectivity index (χ0n) is 11.0. The molecule has 0 N–H and O–H groups in total. The second-order valence-electron chi connectivity index (χ2n) is 3.79. The number of rotatable bonds is 8. The van der Waals surface area contributed by atoms with Gasteiger partial charge in [-0.25, -0.2) is 0 Å². The fourth-order valence-corrected chi connectivity index (χ4v) is 1.16. The Labute approximate surface area is 109 Å². The van der Waals surface area contributed by atoms with Crippen LogP contribution in [0.1, 0.15) is 19.8 Å². The SMILES string of the molecule is CCOC(=O)CCN(C)C(=O)CCOCC(F)(F)F. The maximum absolute atomic E-state index is 11.7. The molecule has 0 unspecified atom stereocenters. The van der Waals surface area contributed by atoms with Crippen molar-refractivity contribution in [3.63, 3.8) is 0 Å². The minimum atomic E-state index is -4.39. The number of amides is 1. The summed E-state index contributed by atoms with van der Waals surface area (Å²) in [5.74, 6) is -0.804. The summed E-state index contributed by atoms with van der Waals surface area (Å²) in [5.41, 5.74) is 0. The molecule has 112 valence electrons. The van der Waals surface area contributed by atoms with Gasteiger partial charge in [0.25, 0.3) is 0 Å². The Bertz CT molecular complexity index is 294. The Morgan fingerprint density at radius 1 is 1.21 bits per heavy atom. The van der Waals surface area contributed by atoms with E-state index in [1.165, 1.54) is 11.9 Å². The average molecular weight is 285 g/mol. The van der Waals surface area contributed by atoms with Crippen molar-refractivity contribution in [1.29, 1.82) is 0 Å². The first kappa shape index (κ1) is 17.7. The highest BCUT2D eigenvalue weighted by Gasteiger charge is 2.27. The summed E-state index contributed by atoms with van der Waals surface area (Å²) in [6.45, 7) is 0.429. The molecule has 0 heterocycles. The molecule has 0 aliphatic rings. The number of carbonyl (C=O) groups excluding carboxylic acids is 2. The number of esters is 1. The summed E-state index contributed by atoms with van der Waals surface area (Å²) in [5, 5.41) is 0. The highest BCUT2D eigenvalue weighted by molar-refractivity contribution is 5.77. The predicted molar refractivity (Wildman–Crippen MR) is 60.4 cm³/mol. The second kappa shape index (κ2) is 8.73. The van der Waals surface area contributed by atoms with Crippen molar-refractivity contribution < 1.29 is 32.2 Å². The van der Waals surface area contributed by atoms with Gasteiger partial charge in [0.05, 0.1) is 26.1 Å². The Morgan fingerprint density at radius 3 is 2.37 bits per heavy atom. The van der Waals surface area contributed by atoms with Crippen molar-refractivity contribution in [2.24, 2.45) is 0 Å². The van der Waals surface area contributed by atoms with Crippen LogP contribution in [0.5, 0.6) is 0 Å². The van der Waals surface area contributed by atoms with Crippen molar-refractivity contribution in [3.8, 4) is 0 Å². The molecule has 0 radical (unpaired) electrons. The van der Waals surface area contributed by atoms with E-state index in [4.69, 9.17) is 0 Å². The molecule has 0 rings (SSSR count). The molecule has 5 nitrogen and oxygen atoms in total. The van der Waals surface area contributed by atoms with Gasteiger partial charge >= 0.3 is 12.1 Å². The van der Waals surface area contributed by atoms with E-state index in [1.54, 1.807) is 6.92 Å². The highest BCUT2D eigenvalue weighted by Crippen LogP contribution is 2.14. The summed E-state index contributed by atoms with van der Waals surface area (Å²) < 4.78 is 44.2. The minimum Gasteiger partial charge on any atom is -0.466 e. The molecule has 0 aliphatic heterocycles. The highest BCUT2D eigenvalue weighted by atomic mass is 19.4. The molecule has 8 heteroatoms. The molecule has 0 saturated carbocycles. The lowest BCUT2D eigenvalue weighted by atomic mass is 10.3. The first-order valence-corrected chi connectivity index (χ1v) is 5.80. The average Bonchev–Trinajstić information content (AvgIpc) is 2.30. The molecular weight excluding hydrogens is 267 g/mol. The van der Waals surface area contributed by atoms with E-state index in [0.29, 0.717) is 0 Å². The number of carbonyl (C=O) groups is 2. The molecular formula is C11H18F3NO4. The van der Waals surface area contributed by atoms with Crippen LogP contribution in [-0.2, 0) is 19.1 Å². The summed E-state index contributed by atoms with van der Waals surface area (Å²) in [4.78, 5) is 23.7. The number of nitrogens with zero attached hydrogens (tertiary/aromatic N) is 1. The largest absolute Gasteiger partial charge is 0.466 e. The van der Waals surface area contributed by atoms with E-state index in [0.717, 1.165) is 0 Å². The summed E-state index contributed by atoms with van der Waals surface area (Å²) in [7, 11) is 1.46. The zero-order chi connectivity index (χ0) is 14.9. The molecule has 0 fully saturated rings. The van der Waals surface area contributed by atoms with Crippen LogP contribution in [0.25, 0.3) is 0 Å². The number of halogens is 3. The van der Waals surface area contributed by atoms with Crippen molar-refractivity contribution in [2.75, 3.05) is 33.4 Å². The normalized spacial score (nSPS) is 11.2. The summed E-state index contributed by atoms with van der Waals surface area (Å²) >= 11 is 0. The quantitative estimate of drug-likeness (QED) is 0.499. The van der Waals surface area contributed by atoms with Crippen LogP contribution in [0.3, 0.4) is 0 Å². The molecule has 0 atom stereocenters. The third-order valence-electron chi connectivity index (χ3n) is 2.11. The lowest BCUT2D eigenvalue weighted by Crippen LogP contribution is -2.30. The van der Waals surface area contributed by atoms with Crippen LogP contribution in [0.2, 0.25) is 0 Å². The summed E-state index contributed by atoms with van der Waals surface area (Å²) in [6.07, 6.45) is -4.49. The van der Waals surface area contributed by atoms with E-state index >= 15 is 0 Å². The first-order valence-electron chi connectivity index (χ1n) is 5.80. The molecule has 0 aromatic heterocycles. The Morgan fingerprint density at radius 2 is 1.84 bits per heavy atom. The smallest absolute Gasteiger partial charge is 0.411 e. The molecule has 0 aliphatic carbocycles. The van der Waals surface area contributed by atoms with Crippen molar-refractivity contribution >= 4 is 11.9 Å². The van der Waals surface area contributed by atoms with Gasteiger partial charge in [0.2, 0.25) is 5.91 Å². The van der Waals surface area contributed by atoms with E-state index in [1.807, 2.05) is 0 Å². The van der Waals surface area contributed by atoms with Crippen LogP contribution < -0.4 is 0 Å². The van der Waals surface area contributed by atoms with Gasteiger partial charge in [-0.05, 0) is 6.92 Å². The third-order valence-corrected chi connectivity index (χ3v) is 2.11. The predicted octanol–water partition coefficient (Wildman–Crippen LogP) is 1.37. The van der Waals surface area contributed by atoms with Crippen LogP contribution >= 0.6 is 0 Å². The van der Waals surface area contributed by atoms with Crippen molar-refractivity contribution in [2.45, 2.75) is 25.9 Å². The topological polar surface area (TPSA) is 55.8 Å². The molecule has 0 spiro atoms. The van der Waals surface area contributed by atoms with Gasteiger partial charge in [0, 0.05) is 13.6 Å². The van der Waals surface area contributed by atoms with Crippen LogP contribution in [-0.4, -0.2) is 56.4 Å². The fraction of sp³-hybridized carbons (Fsp3) is 0.818. The molecule has 19 heavy (non-hydrogen) atoms. The standard InChI is InChI=1S/C11H18F3NO4/c1-3-19-10(17)4-6-15(2)9(16)5-7-18-8-11(12,13)14/h3-8H2,1-2H3. The van der Waals surface area contributed by atoms with Crippen molar-refractivity contribution in [1.82, 2.24) is 4.90 Å². The third kappa shape index (κ3) is 10.3. The molecule has 0 saturated heterocycles. The Kier molecular flexibility index (Phi) is 8.13. The number of hydrogen-bond acceptors (Lipinski definition) is 4. The molecule has 1 amide bonds. The molecule has 0 bridgehead atoms. The van der Waals surface area contributed by atoms with E-state index in [2.05, 4.69) is 9.47 Å². The Balaban J connectivity index is 3.73. The number of hydrogen-bond donors (Lipinski definition) is 0. The van der Waals surface area contributed by atoms with Gasteiger partial charge in [0.15, 0.2) is 0 Å². The monoisotopic (exact) mass is 285 g/mol. The van der Waals surface area contributed by atoms with Gasteiger partial charge < -0.3 is 14.4 Å². The molecule has 0 aromatic rings. The van der Waals surface area contributed by atoms with Gasteiger partial charge in [-0.1, -0.05) is 0 Å². The van der Waals surface area contributed by atoms with Crippen LogP contribution in [0.15, 0.2) is 0 Å². The van der Waals surface area contributed by atoms with Gasteiger partial charge in [-0.2, -0.15) is 13.2 Å². The van der Waals surface area contributed by atoms with Crippen LogP contribution in [0.4, 0.5) is 13.2 Å². The minimum absolute atomic E-state index is 0.0550. The van der Waals surface area contributed by atoms with Gasteiger partial charge in [0.1, 0.15) is 6.61 Å². The lowest BCUT2D eigenvalue weighted by Gasteiger charge is -2.16. The maximum Gasteiger partial charge on any atom is 0.411 e. The molecule has 0 aromatic carbocycles. The van der Waals surface area contributed by atoms with E-state index in [9.17, 15) is 22.8 Å². The van der Waals surface area contributed by atoms with E-state index in [-0.39, 0.29) is 38.5 Å². The fourth-order valence-electron chi connectivity index (χ4n) is 1.16. The first-order chi connectivity index (χ1) is 8.76. The van der Waals surface area contributed by atoms with Gasteiger partial charge in [-0.15, -0.1) is 0 Å². The number of alkyl halides is 3. The lowest BCUT2D eigenvalue weighted by molar-refractivity contribution is -0.175. The van der Waals surface area contributed by atoms with Gasteiger partial charge in [-0.3, -0.25) is 9.59 Å². The van der Waals surface area contributed by atoms with Crippen molar-refractivity contribution in [3.05, 3.63) is 0 Å². The number of ether oxygens (including phenoxy) is 2. The maximum atomic E-state index is 11.7. The van der Waals surface area contributed by atoms with Crippen LogP contribution in [0, 0.1) is 0 Å². The summed E-state index contributed by atoms with van der Waals surface area (Å²) in [6, 6.07) is 0. The second-order valence-corrected chi connectivity index (χ2v) is 3.79. The van der Waals surface area contributed by atoms with E-state index < -0.39 is 18.8 Å². The zero-order valence-corrected chi connectivity index (χ0v) is 11.0. The Hall–Kier alpha value is -1.31.